The van der Waals surface area contributed by atoms with Crippen LogP contribution in [0.1, 0.15) is 130 Å². The smallest absolute Gasteiger partial charge is 0.313 e. The minimum atomic E-state index is -0.860. The molecule has 10 atom stereocenters. The van der Waals surface area contributed by atoms with Crippen molar-refractivity contribution in [1.82, 2.24) is 29.7 Å². The minimum absolute atomic E-state index is 0.0232. The standard InChI is InChI=1S/C36H40BrN3O5.C22H33NO5.C14H9BrN2O/c1-3-44-35(43)36-20-25(36)14-8-6-4-5-7-12-23(2)34(42)40-22-27(19-30(40)31(41)21-36)45-33-32(24-13-11-15-26(37)18-24)38-28-16-9-10-17-29(28)39-33;1-3-28-21(27)22-12-16(22)10-8-6-4-5-7-9-15(2)20(26)23-14-17(24)11-18(23)19(25)13-22;15-10-5-3-4-9(8-10)13-14(18)17-12-7-2-1-6-11(12)16-13/h8-11,13-18,23,25,27,30H,3-7,12,19-22H2,1-2H3;8,10,15-18,24H,3-7,9,11-14H2,1-2H3;1-8H,(H,17,18)/b14-8-;10-8-;/t23-,25+,27+,30-,36+;15-,16+,17-,18-,22+;/m00./s1. The number of H-pyrrole nitrogens is 1. The van der Waals surface area contributed by atoms with Crippen molar-refractivity contribution in [3.63, 3.8) is 0 Å². The highest BCUT2D eigenvalue weighted by Gasteiger charge is 2.63. The van der Waals surface area contributed by atoms with Crippen molar-refractivity contribution in [2.75, 3.05) is 26.3 Å². The number of carbonyl (C=O) groups excluding carboxylic acids is 6. The Morgan fingerprint density at radius 3 is 1.65 bits per heavy atom. The number of hydrogen-bond donors (Lipinski definition) is 2. The van der Waals surface area contributed by atoms with Crippen LogP contribution in [0.5, 0.6) is 5.88 Å². The summed E-state index contributed by atoms with van der Waals surface area (Å²) in [5, 5.41) is 10.1. The van der Waals surface area contributed by atoms with Gasteiger partial charge >= 0.3 is 11.9 Å². The number of ketones is 2. The van der Waals surface area contributed by atoms with Gasteiger partial charge in [-0.3, -0.25) is 33.6 Å². The first-order valence-corrected chi connectivity index (χ1v) is 34.0. The molecule has 17 nitrogen and oxygen atoms in total. The van der Waals surface area contributed by atoms with Gasteiger partial charge in [0.1, 0.15) is 17.5 Å². The largest absolute Gasteiger partial charge is 0.471 e. The number of fused-ring (bicyclic) bond motifs is 6. The molecule has 0 radical (unpaired) electrons. The number of nitrogens with zero attached hydrogens (tertiary/aromatic N) is 5. The Morgan fingerprint density at radius 1 is 0.604 bits per heavy atom. The molecule has 6 heterocycles. The molecule has 19 heteroatoms. The number of aromatic amines is 1. The van der Waals surface area contributed by atoms with Crippen LogP contribution in [0.2, 0.25) is 0 Å². The highest BCUT2D eigenvalue weighted by atomic mass is 79.9. The second kappa shape index (κ2) is 30.0. The van der Waals surface area contributed by atoms with Crippen molar-refractivity contribution in [2.24, 2.45) is 34.5 Å². The Balaban J connectivity index is 0.000000167. The number of rotatable bonds is 8. The van der Waals surface area contributed by atoms with Gasteiger partial charge in [-0.2, -0.15) is 0 Å². The van der Waals surface area contributed by atoms with Crippen molar-refractivity contribution in [3.8, 4) is 28.4 Å². The van der Waals surface area contributed by atoms with E-state index in [-0.39, 0.29) is 110 Å². The molecular weight excluding hydrogens is 1280 g/mol. The summed E-state index contributed by atoms with van der Waals surface area (Å²) in [6.45, 7) is 8.43. The molecule has 2 N–H and O–H groups in total. The van der Waals surface area contributed by atoms with Gasteiger partial charge in [0.15, 0.2) is 11.6 Å². The fraction of sp³-hybridized carbons (Fsp3) is 0.472. The average Bonchev–Trinajstić information content (AvgIpc) is 1.60. The number of aromatic nitrogens is 4. The second-order valence-corrected chi connectivity index (χ2v) is 27.1. The number of aliphatic hydroxyl groups is 1. The molecule has 2 saturated heterocycles. The van der Waals surface area contributed by atoms with Gasteiger partial charge in [0, 0.05) is 64.1 Å². The van der Waals surface area contributed by atoms with Crippen LogP contribution in [-0.2, 0) is 38.2 Å². The van der Waals surface area contributed by atoms with E-state index in [1.165, 1.54) is 0 Å². The maximum Gasteiger partial charge on any atom is 0.313 e. The topological polar surface area (TPSA) is 228 Å². The van der Waals surface area contributed by atoms with E-state index in [4.69, 9.17) is 24.2 Å². The van der Waals surface area contributed by atoms with Crippen LogP contribution in [0, 0.1) is 34.5 Å². The maximum atomic E-state index is 14.1. The first kappa shape index (κ1) is 66.7. The monoisotopic (exact) mass is 1360 g/mol. The van der Waals surface area contributed by atoms with Crippen molar-refractivity contribution in [2.45, 2.75) is 155 Å². The zero-order valence-electron chi connectivity index (χ0n) is 52.3. The molecule has 2 aliphatic carbocycles. The van der Waals surface area contributed by atoms with E-state index < -0.39 is 35.1 Å². The lowest BCUT2D eigenvalue weighted by Gasteiger charge is -2.27. The molecule has 91 heavy (non-hydrogen) atoms. The van der Waals surface area contributed by atoms with Crippen molar-refractivity contribution >= 4 is 89.2 Å². The maximum absolute atomic E-state index is 14.1. The number of para-hydroxylation sites is 4. The molecule has 2 amide bonds. The molecule has 0 unspecified atom stereocenters. The first-order chi connectivity index (χ1) is 43.9. The average molecular weight is 1370 g/mol. The van der Waals surface area contributed by atoms with Crippen LogP contribution < -0.4 is 10.3 Å². The molecule has 2 saturated carbocycles. The van der Waals surface area contributed by atoms with Crippen molar-refractivity contribution in [1.29, 1.82) is 0 Å². The van der Waals surface area contributed by atoms with Crippen LogP contribution in [0.15, 0.2) is 135 Å². The summed E-state index contributed by atoms with van der Waals surface area (Å²) in [5.41, 5.74) is 3.83. The number of aliphatic hydroxyl groups excluding tert-OH is 1. The third kappa shape index (κ3) is 15.8. The number of ether oxygens (including phenoxy) is 3. The van der Waals surface area contributed by atoms with Gasteiger partial charge in [-0.05, 0) is 126 Å². The summed E-state index contributed by atoms with van der Waals surface area (Å²) in [4.78, 5) is 112. The summed E-state index contributed by atoms with van der Waals surface area (Å²) in [6, 6.07) is 29.2. The summed E-state index contributed by atoms with van der Waals surface area (Å²) in [5.74, 6) is -0.984. The summed E-state index contributed by atoms with van der Waals surface area (Å²) in [6.07, 6.45) is 18.7. The molecule has 4 aromatic carbocycles. The van der Waals surface area contributed by atoms with Gasteiger partial charge in [0.2, 0.25) is 17.7 Å². The Bertz CT molecular complexity index is 3780. The molecule has 4 aliphatic heterocycles. The number of amides is 2. The quantitative estimate of drug-likeness (QED) is 0.107. The number of carbonyl (C=O) groups is 6. The number of nitrogens with one attached hydrogen (secondary N) is 1. The Labute approximate surface area is 548 Å². The third-order valence-corrected chi connectivity index (χ3v) is 19.7. The Hall–Kier alpha value is -7.22. The van der Waals surface area contributed by atoms with Gasteiger partial charge in [-0.1, -0.05) is 144 Å². The number of benzene rings is 4. The van der Waals surface area contributed by atoms with Crippen LogP contribution in [-0.4, -0.2) is 121 Å². The van der Waals surface area contributed by atoms with E-state index in [0.29, 0.717) is 42.0 Å². The first-order valence-electron chi connectivity index (χ1n) is 32.4. The molecule has 480 valence electrons. The molecule has 2 aromatic heterocycles. The lowest BCUT2D eigenvalue weighted by Crippen LogP contribution is -2.44. The van der Waals surface area contributed by atoms with Crippen molar-refractivity contribution < 1.29 is 48.1 Å². The molecular formula is C72H82Br2N6O11. The van der Waals surface area contributed by atoms with Gasteiger partial charge in [-0.25, -0.2) is 15.0 Å². The van der Waals surface area contributed by atoms with Gasteiger partial charge < -0.3 is 34.1 Å². The predicted molar refractivity (Wildman–Crippen MR) is 355 cm³/mol. The summed E-state index contributed by atoms with van der Waals surface area (Å²) in [7, 11) is 0. The number of halogens is 2. The number of Topliss-reactive ketones (excluding diaryl/α,β-unsaturated/α-hetero) is 2. The van der Waals surface area contributed by atoms with E-state index in [1.807, 2.05) is 111 Å². The van der Waals surface area contributed by atoms with Gasteiger partial charge in [0.05, 0.1) is 70.8 Å². The summed E-state index contributed by atoms with van der Waals surface area (Å²) < 4.78 is 19.2. The fourth-order valence-electron chi connectivity index (χ4n) is 13.4. The minimum Gasteiger partial charge on any atom is -0.471 e. The number of allylic oxidation sites excluding steroid dienone is 4. The van der Waals surface area contributed by atoms with E-state index in [0.717, 1.165) is 101 Å². The van der Waals surface area contributed by atoms with Gasteiger partial charge in [-0.15, -0.1) is 0 Å². The predicted octanol–water partition coefficient (Wildman–Crippen LogP) is 13.1. The second-order valence-electron chi connectivity index (χ2n) is 25.3. The van der Waals surface area contributed by atoms with Gasteiger partial charge in [0.25, 0.3) is 5.56 Å². The molecule has 6 aromatic rings. The summed E-state index contributed by atoms with van der Waals surface area (Å²) >= 11 is 6.95. The zero-order chi connectivity index (χ0) is 64.4. The van der Waals surface area contributed by atoms with Crippen LogP contribution in [0.25, 0.3) is 44.6 Å². The fourth-order valence-corrected chi connectivity index (χ4v) is 14.2. The SMILES string of the molecule is CCOC(=O)[C@]12CC(=O)[C@@H]3C[C@@H](Oc4nc5ccccc5nc4-c4cccc(Br)c4)CN3C(=O)[C@@H](C)CCCCC/C=C\[C@@H]1C2.CCOC(=O)[C@]12CC(=O)[C@@H]3C[C@H](O)CN3C(=O)[C@@H](C)CCCCC/C=C\[C@@H]1C2.O=c1[nH]c2ccccc2nc1-c1cccc(Br)c1. The normalized spacial score (nSPS) is 27.7. The zero-order valence-corrected chi connectivity index (χ0v) is 55.5. The molecule has 4 fully saturated rings. The van der Waals surface area contributed by atoms with E-state index in [2.05, 4.69) is 66.1 Å². The van der Waals surface area contributed by atoms with Crippen LogP contribution >= 0.6 is 31.9 Å². The third-order valence-electron chi connectivity index (χ3n) is 18.7. The highest BCUT2D eigenvalue weighted by molar-refractivity contribution is 9.10. The van der Waals surface area contributed by atoms with E-state index >= 15 is 0 Å². The number of esters is 2. The van der Waals surface area contributed by atoms with E-state index in [9.17, 15) is 38.7 Å². The highest BCUT2D eigenvalue weighted by Crippen LogP contribution is 2.59. The van der Waals surface area contributed by atoms with Crippen LogP contribution in [0.3, 0.4) is 0 Å². The number of hydrogen-bond acceptors (Lipinski definition) is 14. The Kier molecular flexibility index (Phi) is 22.0. The Morgan fingerprint density at radius 2 is 1.10 bits per heavy atom. The molecule has 0 spiro atoms. The molecule has 12 rings (SSSR count). The lowest BCUT2D eigenvalue weighted by atomic mass is 9.91. The van der Waals surface area contributed by atoms with E-state index in [1.54, 1.807) is 23.6 Å². The molecule has 0 bridgehead atoms. The lowest BCUT2D eigenvalue weighted by molar-refractivity contribution is -0.153. The van der Waals surface area contributed by atoms with Crippen molar-refractivity contribution in [3.05, 3.63) is 141 Å². The van der Waals surface area contributed by atoms with Crippen LogP contribution in [0.4, 0.5) is 0 Å². The molecule has 6 aliphatic rings.